The number of hydrogen-bond donors (Lipinski definition) is 1. The number of nitriles is 1. The Kier molecular flexibility index (Phi) is 7.71. The molecule has 1 amide bonds. The number of amides is 1. The first kappa shape index (κ1) is 29.5. The molecule has 0 spiro atoms. The van der Waals surface area contributed by atoms with E-state index in [4.69, 9.17) is 0 Å². The van der Waals surface area contributed by atoms with E-state index in [-0.39, 0.29) is 23.0 Å². The van der Waals surface area contributed by atoms with E-state index < -0.39 is 5.54 Å². The highest BCUT2D eigenvalue weighted by atomic mass is 16.2. The summed E-state index contributed by atoms with van der Waals surface area (Å²) in [5.74, 6) is 1.98. The van der Waals surface area contributed by atoms with Crippen molar-refractivity contribution >= 4 is 11.7 Å². The van der Waals surface area contributed by atoms with Gasteiger partial charge in [-0.25, -0.2) is 0 Å². The van der Waals surface area contributed by atoms with Gasteiger partial charge in [0.05, 0.1) is 11.6 Å². The Labute approximate surface area is 259 Å². The van der Waals surface area contributed by atoms with Gasteiger partial charge in [0, 0.05) is 55.8 Å². The summed E-state index contributed by atoms with van der Waals surface area (Å²) in [5.41, 5.74) is 3.35. The van der Waals surface area contributed by atoms with Gasteiger partial charge >= 0.3 is 0 Å². The Morgan fingerprint density at radius 1 is 1.02 bits per heavy atom. The molecule has 7 nitrogen and oxygen atoms in total. The van der Waals surface area contributed by atoms with Crippen LogP contribution in [0.4, 0.5) is 0 Å². The summed E-state index contributed by atoms with van der Waals surface area (Å²) < 4.78 is 0. The number of nitrogens with zero attached hydrogens (tertiary/aromatic N) is 4. The standard InChI is InChI=1S/C37H39N5O2/c1-24(2)34-29(17-30-18-31(34)36(30,3)4)23-42-33(19-32(43)28-7-5-27(22-38)6-8-28)41-37(35(42)44,20-25-9-13-39-14-10-25)21-26-11-15-40-16-12-26/h5-16,19,29-31,34,41H,1,17-18,20-21,23H2,2-4H3. The van der Waals surface area contributed by atoms with E-state index in [1.165, 1.54) is 12.0 Å². The minimum absolute atomic E-state index is 0.0380. The third kappa shape index (κ3) is 5.34. The fourth-order valence-electron chi connectivity index (χ4n) is 8.02. The number of ketones is 1. The molecule has 0 radical (unpaired) electrons. The van der Waals surface area contributed by atoms with Crippen molar-refractivity contribution in [2.24, 2.45) is 29.1 Å². The zero-order chi connectivity index (χ0) is 31.1. The van der Waals surface area contributed by atoms with E-state index in [0.717, 1.165) is 17.5 Å². The van der Waals surface area contributed by atoms with Crippen molar-refractivity contribution in [2.75, 3.05) is 6.54 Å². The van der Waals surface area contributed by atoms with Crippen LogP contribution in [-0.2, 0) is 17.6 Å². The van der Waals surface area contributed by atoms with Gasteiger partial charge in [0.15, 0.2) is 5.78 Å². The number of allylic oxidation sites excluding steroid dienone is 2. The summed E-state index contributed by atoms with van der Waals surface area (Å²) in [4.78, 5) is 38.7. The summed E-state index contributed by atoms with van der Waals surface area (Å²) >= 11 is 0. The van der Waals surface area contributed by atoms with Crippen LogP contribution in [0.1, 0.15) is 60.7 Å². The molecule has 1 N–H and O–H groups in total. The second-order valence-electron chi connectivity index (χ2n) is 13.5. The van der Waals surface area contributed by atoms with Gasteiger partial charge in [-0.2, -0.15) is 5.26 Å². The van der Waals surface area contributed by atoms with E-state index in [0.29, 0.717) is 54.1 Å². The van der Waals surface area contributed by atoms with Gasteiger partial charge in [0.25, 0.3) is 5.91 Å². The van der Waals surface area contributed by atoms with E-state index in [2.05, 4.69) is 48.7 Å². The number of rotatable bonds is 9. The van der Waals surface area contributed by atoms with Gasteiger partial charge in [-0.3, -0.25) is 24.5 Å². The van der Waals surface area contributed by atoms with Crippen molar-refractivity contribution in [1.82, 2.24) is 20.2 Å². The topological polar surface area (TPSA) is 99.0 Å². The monoisotopic (exact) mass is 585 g/mol. The molecule has 7 heteroatoms. The van der Waals surface area contributed by atoms with Crippen molar-refractivity contribution in [2.45, 2.75) is 52.0 Å². The number of benzene rings is 1. The fourth-order valence-corrected chi connectivity index (χ4v) is 8.02. The van der Waals surface area contributed by atoms with Gasteiger partial charge in [-0.1, -0.05) is 26.0 Å². The molecule has 4 fully saturated rings. The summed E-state index contributed by atoms with van der Waals surface area (Å²) in [6.45, 7) is 11.8. The lowest BCUT2D eigenvalue weighted by molar-refractivity contribution is -0.140. The highest BCUT2D eigenvalue weighted by Crippen LogP contribution is 2.64. The average Bonchev–Trinajstić information content (AvgIpc) is 3.26. The highest BCUT2D eigenvalue weighted by Gasteiger charge is 2.59. The molecule has 4 atom stereocenters. The number of carbonyl (C=O) groups excluding carboxylic acids is 2. The largest absolute Gasteiger partial charge is 0.357 e. The van der Waals surface area contributed by atoms with Gasteiger partial charge < -0.3 is 5.32 Å². The molecule has 44 heavy (non-hydrogen) atoms. The molecule has 3 aromatic rings. The lowest BCUT2D eigenvalue weighted by Crippen LogP contribution is -2.58. The van der Waals surface area contributed by atoms with Gasteiger partial charge in [-0.05, 0) is 109 Å². The van der Waals surface area contributed by atoms with Crippen LogP contribution in [0, 0.1) is 40.4 Å². The molecule has 4 aliphatic rings. The maximum atomic E-state index is 14.8. The summed E-state index contributed by atoms with van der Waals surface area (Å²) in [6, 6.07) is 16.4. The van der Waals surface area contributed by atoms with Crippen LogP contribution in [-0.4, -0.2) is 38.6 Å². The number of carbonyl (C=O) groups is 2. The van der Waals surface area contributed by atoms with Crippen molar-refractivity contribution in [1.29, 1.82) is 5.26 Å². The average molecular weight is 586 g/mol. The number of nitrogens with one attached hydrogen (secondary N) is 1. The Morgan fingerprint density at radius 2 is 1.61 bits per heavy atom. The minimum atomic E-state index is -1.00. The van der Waals surface area contributed by atoms with Crippen LogP contribution >= 0.6 is 0 Å². The van der Waals surface area contributed by atoms with Crippen LogP contribution in [0.5, 0.6) is 0 Å². The third-order valence-electron chi connectivity index (χ3n) is 10.5. The lowest BCUT2D eigenvalue weighted by Gasteiger charge is -2.63. The third-order valence-corrected chi connectivity index (χ3v) is 10.5. The Morgan fingerprint density at radius 3 is 2.14 bits per heavy atom. The maximum absolute atomic E-state index is 14.8. The molecule has 2 bridgehead atoms. The quantitative estimate of drug-likeness (QED) is 0.191. The first-order chi connectivity index (χ1) is 21.1. The molecular weight excluding hydrogens is 546 g/mol. The van der Waals surface area contributed by atoms with Crippen LogP contribution < -0.4 is 5.32 Å². The Bertz CT molecular complexity index is 1600. The number of aromatic nitrogens is 2. The van der Waals surface area contributed by atoms with Crippen molar-refractivity contribution in [3.63, 3.8) is 0 Å². The zero-order valence-corrected chi connectivity index (χ0v) is 25.7. The minimum Gasteiger partial charge on any atom is -0.357 e. The maximum Gasteiger partial charge on any atom is 0.254 e. The molecular formula is C37H39N5O2. The van der Waals surface area contributed by atoms with E-state index in [1.54, 1.807) is 55.1 Å². The van der Waals surface area contributed by atoms with E-state index in [1.807, 2.05) is 29.2 Å². The summed E-state index contributed by atoms with van der Waals surface area (Å²) in [5, 5.41) is 12.8. The number of fused-ring (bicyclic) bond motifs is 2. The molecule has 1 aliphatic heterocycles. The number of pyridine rings is 2. The lowest BCUT2D eigenvalue weighted by atomic mass is 9.42. The predicted octanol–water partition coefficient (Wildman–Crippen LogP) is 5.90. The van der Waals surface area contributed by atoms with E-state index >= 15 is 0 Å². The second kappa shape index (κ2) is 11.5. The zero-order valence-electron chi connectivity index (χ0n) is 25.7. The molecule has 3 heterocycles. The molecule has 3 saturated carbocycles. The highest BCUT2D eigenvalue weighted by molar-refractivity contribution is 6.06. The molecule has 1 saturated heterocycles. The molecule has 3 aliphatic carbocycles. The summed E-state index contributed by atoms with van der Waals surface area (Å²) in [7, 11) is 0. The predicted molar refractivity (Wildman–Crippen MR) is 169 cm³/mol. The summed E-state index contributed by atoms with van der Waals surface area (Å²) in [6.07, 6.45) is 11.6. The van der Waals surface area contributed by atoms with Gasteiger partial charge in [0.2, 0.25) is 0 Å². The second-order valence-corrected chi connectivity index (χ2v) is 13.5. The molecule has 7 rings (SSSR count). The molecule has 2 aromatic heterocycles. The van der Waals surface area contributed by atoms with Crippen LogP contribution in [0.3, 0.4) is 0 Å². The smallest absolute Gasteiger partial charge is 0.254 e. The van der Waals surface area contributed by atoms with E-state index in [9.17, 15) is 14.9 Å². The van der Waals surface area contributed by atoms with Crippen LogP contribution in [0.2, 0.25) is 0 Å². The molecule has 1 aromatic carbocycles. The first-order valence-electron chi connectivity index (χ1n) is 15.4. The van der Waals surface area contributed by atoms with Crippen molar-refractivity contribution in [3.8, 4) is 6.07 Å². The van der Waals surface area contributed by atoms with Crippen LogP contribution in [0.25, 0.3) is 0 Å². The van der Waals surface area contributed by atoms with Crippen molar-refractivity contribution < 1.29 is 9.59 Å². The van der Waals surface area contributed by atoms with Crippen LogP contribution in [0.15, 0.2) is 97.4 Å². The SMILES string of the molecule is C=C(C)C1C(CN2C(=O)C(Cc3ccncc3)(Cc3ccncc3)NC2=CC(=O)c2ccc(C#N)cc2)CC2CC1C2(C)C. The van der Waals surface area contributed by atoms with Crippen molar-refractivity contribution in [3.05, 3.63) is 120 Å². The Hall–Kier alpha value is -4.57. The first-order valence-corrected chi connectivity index (χ1v) is 15.4. The normalized spacial score (nSPS) is 25.5. The molecule has 4 unspecified atom stereocenters. The Balaban J connectivity index is 1.40. The van der Waals surface area contributed by atoms with Gasteiger partial charge in [-0.15, -0.1) is 0 Å². The molecule has 224 valence electrons. The number of hydrogen-bond acceptors (Lipinski definition) is 6. The van der Waals surface area contributed by atoms with Gasteiger partial charge in [0.1, 0.15) is 11.4 Å². The fraction of sp³-hybridized carbons (Fsp3) is 0.378.